The Labute approximate surface area is 115 Å². The van der Waals surface area contributed by atoms with Gasteiger partial charge in [0.1, 0.15) is 11.6 Å². The number of hydrogen-bond acceptors (Lipinski definition) is 4. The van der Waals surface area contributed by atoms with Gasteiger partial charge in [-0.15, -0.1) is 0 Å². The lowest BCUT2D eigenvalue weighted by Gasteiger charge is -2.19. The SMILES string of the molecule is Cc1ccc2oc(C(=O)N3CCCC3C(=O)O)cc2n1. The van der Waals surface area contributed by atoms with Crippen molar-refractivity contribution in [2.45, 2.75) is 25.8 Å². The average molecular weight is 274 g/mol. The fraction of sp³-hybridized carbons (Fsp3) is 0.357. The van der Waals surface area contributed by atoms with Crippen molar-refractivity contribution in [3.05, 3.63) is 29.7 Å². The van der Waals surface area contributed by atoms with Crippen molar-refractivity contribution in [1.29, 1.82) is 0 Å². The molecule has 0 spiro atoms. The van der Waals surface area contributed by atoms with Crippen LogP contribution in [0.25, 0.3) is 11.1 Å². The number of carboxylic acid groups (broad SMARTS) is 1. The highest BCUT2D eigenvalue weighted by molar-refractivity contribution is 5.97. The van der Waals surface area contributed by atoms with Gasteiger partial charge in [0.05, 0.1) is 0 Å². The van der Waals surface area contributed by atoms with E-state index in [1.54, 1.807) is 18.2 Å². The number of carboxylic acids is 1. The summed E-state index contributed by atoms with van der Waals surface area (Å²) in [7, 11) is 0. The maximum Gasteiger partial charge on any atom is 0.326 e. The second kappa shape index (κ2) is 4.63. The zero-order valence-corrected chi connectivity index (χ0v) is 11.0. The van der Waals surface area contributed by atoms with Crippen LogP contribution in [-0.4, -0.2) is 39.5 Å². The van der Waals surface area contributed by atoms with E-state index in [4.69, 9.17) is 9.52 Å². The van der Waals surface area contributed by atoms with Crippen LogP contribution in [0.15, 0.2) is 22.6 Å². The number of aliphatic carboxylic acids is 1. The highest BCUT2D eigenvalue weighted by atomic mass is 16.4. The maximum atomic E-state index is 12.4. The molecule has 104 valence electrons. The van der Waals surface area contributed by atoms with Crippen LogP contribution in [0.1, 0.15) is 29.1 Å². The van der Waals surface area contributed by atoms with Crippen molar-refractivity contribution in [2.75, 3.05) is 6.54 Å². The topological polar surface area (TPSA) is 83.6 Å². The summed E-state index contributed by atoms with van der Waals surface area (Å²) in [4.78, 5) is 29.1. The number of rotatable bonds is 2. The van der Waals surface area contributed by atoms with Crippen LogP contribution in [0.2, 0.25) is 0 Å². The molecule has 20 heavy (non-hydrogen) atoms. The largest absolute Gasteiger partial charge is 0.480 e. The lowest BCUT2D eigenvalue weighted by Crippen LogP contribution is -2.40. The Kier molecular flexibility index (Phi) is 2.93. The first-order valence-electron chi connectivity index (χ1n) is 6.47. The molecular weight excluding hydrogens is 260 g/mol. The fourth-order valence-electron chi connectivity index (χ4n) is 2.54. The van der Waals surface area contributed by atoms with E-state index < -0.39 is 12.0 Å². The second-order valence-electron chi connectivity index (χ2n) is 4.94. The molecule has 1 N–H and O–H groups in total. The van der Waals surface area contributed by atoms with E-state index in [-0.39, 0.29) is 11.7 Å². The van der Waals surface area contributed by atoms with E-state index in [9.17, 15) is 9.59 Å². The van der Waals surface area contributed by atoms with E-state index in [1.165, 1.54) is 4.90 Å². The van der Waals surface area contributed by atoms with Crippen LogP contribution >= 0.6 is 0 Å². The minimum Gasteiger partial charge on any atom is -0.480 e. The lowest BCUT2D eigenvalue weighted by atomic mass is 10.2. The van der Waals surface area contributed by atoms with E-state index in [1.807, 2.05) is 6.92 Å². The molecule has 6 heteroatoms. The normalized spacial score (nSPS) is 18.6. The van der Waals surface area contributed by atoms with Crippen LogP contribution in [0.5, 0.6) is 0 Å². The number of carbonyl (C=O) groups excluding carboxylic acids is 1. The summed E-state index contributed by atoms with van der Waals surface area (Å²) in [5.41, 5.74) is 1.98. The number of amides is 1. The van der Waals surface area contributed by atoms with Gasteiger partial charge in [0, 0.05) is 18.3 Å². The summed E-state index contributed by atoms with van der Waals surface area (Å²) in [6.45, 7) is 2.30. The third kappa shape index (κ3) is 2.03. The zero-order valence-electron chi connectivity index (χ0n) is 11.0. The predicted molar refractivity (Wildman–Crippen MR) is 70.4 cm³/mol. The maximum absolute atomic E-state index is 12.4. The Morgan fingerprint density at radius 1 is 1.45 bits per heavy atom. The number of carbonyl (C=O) groups is 2. The molecule has 1 unspecified atom stereocenters. The molecule has 3 rings (SSSR count). The van der Waals surface area contributed by atoms with Crippen molar-refractivity contribution in [1.82, 2.24) is 9.88 Å². The molecule has 1 aliphatic heterocycles. The molecule has 1 saturated heterocycles. The van der Waals surface area contributed by atoms with Crippen LogP contribution in [-0.2, 0) is 4.79 Å². The van der Waals surface area contributed by atoms with Gasteiger partial charge >= 0.3 is 5.97 Å². The van der Waals surface area contributed by atoms with Gasteiger partial charge in [-0.3, -0.25) is 4.79 Å². The molecule has 2 aromatic heterocycles. The predicted octanol–water partition coefficient (Wildman–Crippen LogP) is 1.83. The molecule has 0 bridgehead atoms. The van der Waals surface area contributed by atoms with Crippen LogP contribution in [0, 0.1) is 6.92 Å². The van der Waals surface area contributed by atoms with Gasteiger partial charge in [-0.05, 0) is 31.9 Å². The molecule has 1 fully saturated rings. The highest BCUT2D eigenvalue weighted by Crippen LogP contribution is 2.24. The van der Waals surface area contributed by atoms with E-state index in [2.05, 4.69) is 4.98 Å². The number of hydrogen-bond donors (Lipinski definition) is 1. The quantitative estimate of drug-likeness (QED) is 0.903. The van der Waals surface area contributed by atoms with Crippen molar-refractivity contribution in [3.8, 4) is 0 Å². The van der Waals surface area contributed by atoms with Crippen LogP contribution < -0.4 is 0 Å². The average Bonchev–Trinajstić information content (AvgIpc) is 3.03. The number of fused-ring (bicyclic) bond motifs is 1. The molecule has 1 atom stereocenters. The van der Waals surface area contributed by atoms with Gasteiger partial charge < -0.3 is 14.4 Å². The molecule has 0 radical (unpaired) electrons. The summed E-state index contributed by atoms with van der Waals surface area (Å²) in [5, 5.41) is 9.12. The monoisotopic (exact) mass is 274 g/mol. The molecule has 1 amide bonds. The molecule has 0 aliphatic carbocycles. The van der Waals surface area contributed by atoms with Gasteiger partial charge in [0.25, 0.3) is 5.91 Å². The number of furan rings is 1. The van der Waals surface area contributed by atoms with Crippen molar-refractivity contribution < 1.29 is 19.1 Å². The molecule has 1 aliphatic rings. The number of pyridine rings is 1. The Hall–Kier alpha value is -2.37. The third-order valence-electron chi connectivity index (χ3n) is 3.52. The Balaban J connectivity index is 1.94. The Bertz CT molecular complexity index is 692. The highest BCUT2D eigenvalue weighted by Gasteiger charge is 2.35. The van der Waals surface area contributed by atoms with E-state index in [0.717, 1.165) is 5.69 Å². The molecule has 0 saturated carbocycles. The minimum atomic E-state index is -0.971. The number of likely N-dealkylation sites (tertiary alicyclic amines) is 1. The molecule has 6 nitrogen and oxygen atoms in total. The van der Waals surface area contributed by atoms with Gasteiger partial charge in [0.15, 0.2) is 11.3 Å². The minimum absolute atomic E-state index is 0.145. The molecule has 3 heterocycles. The number of aryl methyl sites for hydroxylation is 1. The fourth-order valence-corrected chi connectivity index (χ4v) is 2.54. The Morgan fingerprint density at radius 2 is 2.25 bits per heavy atom. The number of aromatic nitrogens is 1. The van der Waals surface area contributed by atoms with Gasteiger partial charge in [0.2, 0.25) is 0 Å². The first-order chi connectivity index (χ1) is 9.56. The van der Waals surface area contributed by atoms with Crippen molar-refractivity contribution >= 4 is 23.0 Å². The van der Waals surface area contributed by atoms with E-state index in [0.29, 0.717) is 30.5 Å². The van der Waals surface area contributed by atoms with Gasteiger partial charge in [-0.25, -0.2) is 9.78 Å². The summed E-state index contributed by atoms with van der Waals surface area (Å²) < 4.78 is 5.48. The van der Waals surface area contributed by atoms with Crippen molar-refractivity contribution in [3.63, 3.8) is 0 Å². The zero-order chi connectivity index (χ0) is 14.3. The standard InChI is InChI=1S/C14H14N2O4/c1-8-4-5-11-9(15-8)7-12(20-11)13(17)16-6-2-3-10(16)14(18)19/h4-5,7,10H,2-3,6H2,1H3,(H,18,19). The van der Waals surface area contributed by atoms with Crippen molar-refractivity contribution in [2.24, 2.45) is 0 Å². The first kappa shape index (κ1) is 12.7. The smallest absolute Gasteiger partial charge is 0.326 e. The molecular formula is C14H14N2O4. The Morgan fingerprint density at radius 3 is 3.00 bits per heavy atom. The number of nitrogens with zero attached hydrogens (tertiary/aromatic N) is 2. The summed E-state index contributed by atoms with van der Waals surface area (Å²) in [6, 6.07) is 4.37. The van der Waals surface area contributed by atoms with Crippen LogP contribution in [0.4, 0.5) is 0 Å². The van der Waals surface area contributed by atoms with Gasteiger partial charge in [-0.2, -0.15) is 0 Å². The third-order valence-corrected chi connectivity index (χ3v) is 3.52. The lowest BCUT2D eigenvalue weighted by molar-refractivity contribution is -0.141. The molecule has 0 aromatic carbocycles. The summed E-state index contributed by atoms with van der Waals surface area (Å²) in [6.07, 6.45) is 1.18. The second-order valence-corrected chi connectivity index (χ2v) is 4.94. The van der Waals surface area contributed by atoms with E-state index >= 15 is 0 Å². The van der Waals surface area contributed by atoms with Crippen LogP contribution in [0.3, 0.4) is 0 Å². The first-order valence-corrected chi connectivity index (χ1v) is 6.47. The molecule has 2 aromatic rings. The summed E-state index contributed by atoms with van der Waals surface area (Å²) >= 11 is 0. The van der Waals surface area contributed by atoms with Gasteiger partial charge in [-0.1, -0.05) is 0 Å². The summed E-state index contributed by atoms with van der Waals surface area (Å²) in [5.74, 6) is -1.21.